The van der Waals surface area contributed by atoms with E-state index in [-0.39, 0.29) is 23.9 Å². The van der Waals surface area contributed by atoms with Crippen molar-refractivity contribution < 1.29 is 9.90 Å². The third-order valence-corrected chi connectivity index (χ3v) is 2.12. The Bertz CT molecular complexity index is 118. The lowest BCUT2D eigenvalue weighted by Gasteiger charge is -2.18. The van der Waals surface area contributed by atoms with Crippen LogP contribution in [0.4, 0.5) is 0 Å². The third kappa shape index (κ3) is 3.01. The van der Waals surface area contributed by atoms with Gasteiger partial charge in [-0.2, -0.15) is 25.3 Å². The minimum Gasteiger partial charge on any atom is -0.480 e. The minimum atomic E-state index is -1.27. The van der Waals surface area contributed by atoms with Crippen LogP contribution in [0, 0.1) is 0 Å². The van der Waals surface area contributed by atoms with E-state index in [0.717, 1.165) is 0 Å². The van der Waals surface area contributed by atoms with Gasteiger partial charge in [0.1, 0.15) is 5.54 Å². The Balaban J connectivity index is 0. The maximum atomic E-state index is 10.3. The fourth-order valence-corrected chi connectivity index (χ4v) is 0.856. The second-order valence-corrected chi connectivity index (χ2v) is 2.41. The van der Waals surface area contributed by atoms with Crippen molar-refractivity contribution in [3.8, 4) is 0 Å². The summed E-state index contributed by atoms with van der Waals surface area (Å²) < 4.78 is 0. The molecule has 0 aromatic heterocycles. The zero-order chi connectivity index (χ0) is 7.49. The number of thiol groups is 2. The molecule has 0 fully saturated rings. The molecule has 0 rings (SSSR count). The van der Waals surface area contributed by atoms with Crippen LogP contribution in [-0.4, -0.2) is 28.1 Å². The Morgan fingerprint density at radius 3 is 1.80 bits per heavy atom. The van der Waals surface area contributed by atoms with Crippen molar-refractivity contribution in [2.75, 3.05) is 11.5 Å². The van der Waals surface area contributed by atoms with Crippen molar-refractivity contribution in [1.82, 2.24) is 0 Å². The molecule has 0 saturated heterocycles. The van der Waals surface area contributed by atoms with Crippen LogP contribution in [0.2, 0.25) is 0 Å². The summed E-state index contributed by atoms with van der Waals surface area (Å²) in [6, 6.07) is 0. The Morgan fingerprint density at radius 1 is 1.50 bits per heavy atom. The quantitative estimate of drug-likeness (QED) is 0.491. The van der Waals surface area contributed by atoms with Crippen molar-refractivity contribution in [3.05, 3.63) is 0 Å². The lowest BCUT2D eigenvalue weighted by atomic mass is 10.1. The lowest BCUT2D eigenvalue weighted by molar-refractivity contribution is -0.141. The molecule has 0 unspecified atom stereocenters. The van der Waals surface area contributed by atoms with Crippen LogP contribution in [-0.2, 0) is 4.79 Å². The van der Waals surface area contributed by atoms with Crippen molar-refractivity contribution >= 4 is 43.6 Å². The Kier molecular flexibility index (Phi) is 6.68. The van der Waals surface area contributed by atoms with Gasteiger partial charge in [-0.25, -0.2) is 0 Å². The molecule has 0 aliphatic heterocycles. The monoisotopic (exact) mass is 203 g/mol. The zero-order valence-corrected chi connectivity index (χ0v) is 7.76. The fourth-order valence-electron chi connectivity index (χ4n) is 0.185. The summed E-state index contributed by atoms with van der Waals surface area (Å²) in [7, 11) is 0. The Labute approximate surface area is 76.6 Å². The van der Waals surface area contributed by atoms with Gasteiger partial charge in [0.2, 0.25) is 0 Å². The first-order valence-electron chi connectivity index (χ1n) is 2.31. The smallest absolute Gasteiger partial charge is 0.325 e. The van der Waals surface area contributed by atoms with E-state index < -0.39 is 11.5 Å². The van der Waals surface area contributed by atoms with Crippen LogP contribution in [0.25, 0.3) is 0 Å². The highest BCUT2D eigenvalue weighted by molar-refractivity contribution is 7.81. The average molecular weight is 204 g/mol. The SMILES string of the molecule is Cl.NC(CS)(CS)C(=O)O. The molecule has 0 heterocycles. The summed E-state index contributed by atoms with van der Waals surface area (Å²) in [6.45, 7) is 0. The highest BCUT2D eigenvalue weighted by atomic mass is 35.5. The van der Waals surface area contributed by atoms with Crippen molar-refractivity contribution in [2.24, 2.45) is 5.73 Å². The molecule has 6 heteroatoms. The summed E-state index contributed by atoms with van der Waals surface area (Å²) in [5, 5.41) is 8.41. The number of carboxylic acids is 1. The Morgan fingerprint density at radius 2 is 1.80 bits per heavy atom. The second-order valence-electron chi connectivity index (χ2n) is 1.78. The maximum Gasteiger partial charge on any atom is 0.325 e. The van der Waals surface area contributed by atoms with Gasteiger partial charge in [0.15, 0.2) is 0 Å². The van der Waals surface area contributed by atoms with Crippen molar-refractivity contribution in [3.63, 3.8) is 0 Å². The minimum absolute atomic E-state index is 0. The van der Waals surface area contributed by atoms with Gasteiger partial charge in [0.25, 0.3) is 0 Å². The van der Waals surface area contributed by atoms with Crippen LogP contribution in [0.5, 0.6) is 0 Å². The first-order chi connectivity index (χ1) is 4.06. The fraction of sp³-hybridized carbons (Fsp3) is 0.750. The summed E-state index contributed by atoms with van der Waals surface area (Å²) in [5.41, 5.74) is 4.02. The number of carbonyl (C=O) groups is 1. The first-order valence-corrected chi connectivity index (χ1v) is 3.57. The van der Waals surface area contributed by atoms with E-state index in [1.54, 1.807) is 0 Å². The topological polar surface area (TPSA) is 63.3 Å². The van der Waals surface area contributed by atoms with Gasteiger partial charge in [-0.1, -0.05) is 0 Å². The summed E-state index contributed by atoms with van der Waals surface area (Å²) in [6.07, 6.45) is 0. The number of hydrogen-bond acceptors (Lipinski definition) is 4. The van der Waals surface area contributed by atoms with E-state index in [1.165, 1.54) is 0 Å². The van der Waals surface area contributed by atoms with Gasteiger partial charge in [0.05, 0.1) is 0 Å². The van der Waals surface area contributed by atoms with Crippen molar-refractivity contribution in [1.29, 1.82) is 0 Å². The third-order valence-electron chi connectivity index (χ3n) is 0.990. The van der Waals surface area contributed by atoms with Crippen LogP contribution in [0.15, 0.2) is 0 Å². The number of aliphatic carboxylic acids is 1. The van der Waals surface area contributed by atoms with Crippen LogP contribution in [0.3, 0.4) is 0 Å². The van der Waals surface area contributed by atoms with E-state index in [0.29, 0.717) is 0 Å². The molecule has 0 amide bonds. The van der Waals surface area contributed by atoms with Gasteiger partial charge in [-0.15, -0.1) is 12.4 Å². The summed E-state index contributed by atoms with van der Waals surface area (Å²) in [5.74, 6) is -0.856. The molecule has 3 nitrogen and oxygen atoms in total. The van der Waals surface area contributed by atoms with E-state index >= 15 is 0 Å². The zero-order valence-electron chi connectivity index (χ0n) is 5.15. The van der Waals surface area contributed by atoms with Gasteiger partial charge in [-0.3, -0.25) is 4.79 Å². The van der Waals surface area contributed by atoms with E-state index in [4.69, 9.17) is 10.8 Å². The molecule has 0 spiro atoms. The van der Waals surface area contributed by atoms with E-state index in [9.17, 15) is 4.79 Å². The Hall–Kier alpha value is 0.420. The van der Waals surface area contributed by atoms with Gasteiger partial charge < -0.3 is 10.8 Å². The van der Waals surface area contributed by atoms with Gasteiger partial charge >= 0.3 is 5.97 Å². The molecule has 0 aromatic rings. The summed E-state index contributed by atoms with van der Waals surface area (Å²) in [4.78, 5) is 10.3. The van der Waals surface area contributed by atoms with E-state index in [2.05, 4.69) is 25.3 Å². The largest absolute Gasteiger partial charge is 0.480 e. The number of carboxylic acid groups (broad SMARTS) is 1. The van der Waals surface area contributed by atoms with Crippen LogP contribution in [0.1, 0.15) is 0 Å². The second kappa shape index (κ2) is 5.12. The standard InChI is InChI=1S/C4H9NO2S2.ClH/c5-4(1-8,2-9)3(6)7;/h8-9H,1-2,5H2,(H,6,7);1H. The molecule has 3 N–H and O–H groups in total. The molecule has 0 aliphatic rings. The number of rotatable bonds is 3. The maximum absolute atomic E-state index is 10.3. The first kappa shape index (κ1) is 13.0. The highest BCUT2D eigenvalue weighted by Gasteiger charge is 2.30. The molecule has 0 atom stereocenters. The molecule has 0 aliphatic carbocycles. The van der Waals surface area contributed by atoms with Crippen LogP contribution >= 0.6 is 37.7 Å². The number of halogens is 1. The molecule has 0 bridgehead atoms. The summed E-state index contributed by atoms with van der Waals surface area (Å²) >= 11 is 7.53. The molecule has 0 radical (unpaired) electrons. The van der Waals surface area contributed by atoms with Crippen molar-refractivity contribution in [2.45, 2.75) is 5.54 Å². The molecular weight excluding hydrogens is 194 g/mol. The lowest BCUT2D eigenvalue weighted by Crippen LogP contribution is -2.51. The number of hydrogen-bond donors (Lipinski definition) is 4. The molecule has 62 valence electrons. The predicted molar refractivity (Wildman–Crippen MR) is 49.5 cm³/mol. The van der Waals surface area contributed by atoms with Gasteiger partial charge in [-0.05, 0) is 0 Å². The average Bonchev–Trinajstić information content (AvgIpc) is 1.86. The molecule has 0 aromatic carbocycles. The molecule has 10 heavy (non-hydrogen) atoms. The normalized spacial score (nSPS) is 10.3. The number of nitrogens with two attached hydrogens (primary N) is 1. The molecular formula is C4H10ClNO2S2. The highest BCUT2D eigenvalue weighted by Crippen LogP contribution is 2.04. The van der Waals surface area contributed by atoms with Gasteiger partial charge in [0, 0.05) is 11.5 Å². The van der Waals surface area contributed by atoms with Crippen LogP contribution < -0.4 is 5.73 Å². The van der Waals surface area contributed by atoms with E-state index in [1.807, 2.05) is 0 Å². The predicted octanol–water partition coefficient (Wildman–Crippen LogP) is 0.0499. The molecule has 0 saturated carbocycles.